The highest BCUT2D eigenvalue weighted by Gasteiger charge is 2.18. The van der Waals surface area contributed by atoms with Crippen LogP contribution in [0.5, 0.6) is 0 Å². The molecule has 13 heavy (non-hydrogen) atoms. The number of halogens is 2. The highest BCUT2D eigenvalue weighted by Crippen LogP contribution is 2.31. The van der Waals surface area contributed by atoms with Gasteiger partial charge in [0.25, 0.3) is 0 Å². The summed E-state index contributed by atoms with van der Waals surface area (Å²) in [5, 5.41) is 2.69. The van der Waals surface area contributed by atoms with Crippen LogP contribution in [0.2, 0.25) is 0 Å². The van der Waals surface area contributed by atoms with E-state index in [1.54, 1.807) is 6.07 Å². The molecule has 68 valence electrons. The third kappa shape index (κ3) is 1.46. The molecule has 0 spiro atoms. The first kappa shape index (κ1) is 8.69. The summed E-state index contributed by atoms with van der Waals surface area (Å²) >= 11 is 3.16. The van der Waals surface area contributed by atoms with Crippen LogP contribution in [0.1, 0.15) is 12.0 Å². The molecular formula is C9H7BrFNO. The van der Waals surface area contributed by atoms with E-state index in [1.807, 2.05) is 0 Å². The standard InChI is InChI=1S/C9H7BrFNO/c10-9-5-1-4-8(13)12-7(5)3-2-6(9)11/h2-3H,1,4H2,(H,12,13). The van der Waals surface area contributed by atoms with Gasteiger partial charge < -0.3 is 5.32 Å². The highest BCUT2D eigenvalue weighted by molar-refractivity contribution is 9.10. The lowest BCUT2D eigenvalue weighted by molar-refractivity contribution is -0.116. The molecule has 1 heterocycles. The molecule has 0 aliphatic carbocycles. The van der Waals surface area contributed by atoms with Crippen LogP contribution in [-0.2, 0) is 11.2 Å². The molecule has 2 rings (SSSR count). The minimum absolute atomic E-state index is 0.00833. The molecule has 2 nitrogen and oxygen atoms in total. The zero-order chi connectivity index (χ0) is 9.42. The minimum Gasteiger partial charge on any atom is -0.326 e. The lowest BCUT2D eigenvalue weighted by Crippen LogP contribution is -2.19. The van der Waals surface area contributed by atoms with Crippen LogP contribution >= 0.6 is 15.9 Å². The SMILES string of the molecule is O=C1CCc2c(ccc(F)c2Br)N1. The molecule has 0 unspecified atom stereocenters. The molecular weight excluding hydrogens is 237 g/mol. The van der Waals surface area contributed by atoms with E-state index in [1.165, 1.54) is 6.07 Å². The molecule has 0 saturated carbocycles. The summed E-state index contributed by atoms with van der Waals surface area (Å²) in [7, 11) is 0. The second-order valence-electron chi connectivity index (χ2n) is 2.94. The van der Waals surface area contributed by atoms with Crippen molar-refractivity contribution in [3.05, 3.63) is 28.0 Å². The molecule has 0 bridgehead atoms. The van der Waals surface area contributed by atoms with Crippen molar-refractivity contribution in [2.75, 3.05) is 5.32 Å². The van der Waals surface area contributed by atoms with Crippen LogP contribution in [-0.4, -0.2) is 5.91 Å². The lowest BCUT2D eigenvalue weighted by Gasteiger charge is -2.17. The average Bonchev–Trinajstić information content (AvgIpc) is 2.12. The van der Waals surface area contributed by atoms with Crippen molar-refractivity contribution in [1.29, 1.82) is 0 Å². The Hall–Kier alpha value is -0.900. The van der Waals surface area contributed by atoms with Gasteiger partial charge in [0.2, 0.25) is 5.91 Å². The van der Waals surface area contributed by atoms with Gasteiger partial charge in [-0.05, 0) is 40.0 Å². The fourth-order valence-corrected chi connectivity index (χ4v) is 1.95. The zero-order valence-electron chi connectivity index (χ0n) is 6.73. The van der Waals surface area contributed by atoms with Crippen molar-refractivity contribution in [1.82, 2.24) is 0 Å². The van der Waals surface area contributed by atoms with E-state index >= 15 is 0 Å². The second-order valence-corrected chi connectivity index (χ2v) is 3.73. The Balaban J connectivity index is 2.53. The predicted molar refractivity (Wildman–Crippen MR) is 51.1 cm³/mol. The molecule has 1 N–H and O–H groups in total. The maximum atomic E-state index is 13.0. The summed E-state index contributed by atoms with van der Waals surface area (Å²) in [5.41, 5.74) is 1.56. The molecule has 0 atom stereocenters. The first-order valence-corrected chi connectivity index (χ1v) is 4.74. The van der Waals surface area contributed by atoms with Gasteiger partial charge in [0.15, 0.2) is 0 Å². The number of anilines is 1. The number of amides is 1. The van der Waals surface area contributed by atoms with Gasteiger partial charge in [-0.1, -0.05) is 0 Å². The van der Waals surface area contributed by atoms with Crippen LogP contribution < -0.4 is 5.32 Å². The van der Waals surface area contributed by atoms with Crippen LogP contribution in [0.15, 0.2) is 16.6 Å². The smallest absolute Gasteiger partial charge is 0.224 e. The largest absolute Gasteiger partial charge is 0.326 e. The number of nitrogens with one attached hydrogen (secondary N) is 1. The number of fused-ring (bicyclic) bond motifs is 1. The van der Waals surface area contributed by atoms with Gasteiger partial charge in [-0.25, -0.2) is 4.39 Å². The lowest BCUT2D eigenvalue weighted by atomic mass is 10.0. The summed E-state index contributed by atoms with van der Waals surface area (Å²) in [6.07, 6.45) is 1.02. The molecule has 1 aliphatic heterocycles. The molecule has 1 aliphatic rings. The topological polar surface area (TPSA) is 29.1 Å². The van der Waals surface area contributed by atoms with Gasteiger partial charge in [-0.2, -0.15) is 0 Å². The van der Waals surface area contributed by atoms with Crippen molar-refractivity contribution in [2.45, 2.75) is 12.8 Å². The van der Waals surface area contributed by atoms with Gasteiger partial charge in [0.05, 0.1) is 4.47 Å². The monoisotopic (exact) mass is 243 g/mol. The molecule has 0 fully saturated rings. The van der Waals surface area contributed by atoms with Crippen LogP contribution in [0.3, 0.4) is 0 Å². The Bertz CT molecular complexity index is 378. The molecule has 0 saturated heterocycles. The fourth-order valence-electron chi connectivity index (χ4n) is 1.41. The number of benzene rings is 1. The Morgan fingerprint density at radius 2 is 2.15 bits per heavy atom. The first-order chi connectivity index (χ1) is 6.18. The molecule has 0 radical (unpaired) electrons. The van der Waals surface area contributed by atoms with Crippen molar-refractivity contribution in [2.24, 2.45) is 0 Å². The van der Waals surface area contributed by atoms with E-state index in [9.17, 15) is 9.18 Å². The average molecular weight is 244 g/mol. The summed E-state index contributed by atoms with van der Waals surface area (Å²) < 4.78 is 13.5. The number of carbonyl (C=O) groups is 1. The second kappa shape index (κ2) is 3.10. The number of hydrogen-bond acceptors (Lipinski definition) is 1. The van der Waals surface area contributed by atoms with Crippen molar-refractivity contribution < 1.29 is 9.18 Å². The van der Waals surface area contributed by atoms with Crippen molar-refractivity contribution in [3.8, 4) is 0 Å². The van der Waals surface area contributed by atoms with E-state index < -0.39 is 0 Å². The summed E-state index contributed by atoms with van der Waals surface area (Å²) in [5.74, 6) is -0.291. The fraction of sp³-hybridized carbons (Fsp3) is 0.222. The molecule has 1 aromatic carbocycles. The Morgan fingerprint density at radius 1 is 1.38 bits per heavy atom. The van der Waals surface area contributed by atoms with E-state index in [-0.39, 0.29) is 11.7 Å². The maximum Gasteiger partial charge on any atom is 0.224 e. The van der Waals surface area contributed by atoms with Crippen LogP contribution in [0.25, 0.3) is 0 Å². The Labute approximate surface area is 83.3 Å². The predicted octanol–water partition coefficient (Wildman–Crippen LogP) is 2.47. The van der Waals surface area contributed by atoms with E-state index in [0.29, 0.717) is 23.0 Å². The number of carbonyl (C=O) groups excluding carboxylic acids is 1. The molecule has 1 aromatic rings. The van der Waals surface area contributed by atoms with Gasteiger partial charge in [0.1, 0.15) is 5.82 Å². The molecule has 4 heteroatoms. The molecule has 0 aromatic heterocycles. The third-order valence-corrected chi connectivity index (χ3v) is 2.93. The van der Waals surface area contributed by atoms with E-state index in [0.717, 1.165) is 5.56 Å². The van der Waals surface area contributed by atoms with Gasteiger partial charge in [0, 0.05) is 12.1 Å². The quantitative estimate of drug-likeness (QED) is 0.746. The Morgan fingerprint density at radius 3 is 2.92 bits per heavy atom. The zero-order valence-corrected chi connectivity index (χ0v) is 8.32. The van der Waals surface area contributed by atoms with Gasteiger partial charge >= 0.3 is 0 Å². The number of rotatable bonds is 0. The first-order valence-electron chi connectivity index (χ1n) is 3.95. The normalized spacial score (nSPS) is 15.1. The highest BCUT2D eigenvalue weighted by atomic mass is 79.9. The van der Waals surface area contributed by atoms with Gasteiger partial charge in [-0.3, -0.25) is 4.79 Å². The van der Waals surface area contributed by atoms with Crippen LogP contribution in [0.4, 0.5) is 10.1 Å². The van der Waals surface area contributed by atoms with Gasteiger partial charge in [-0.15, -0.1) is 0 Å². The van der Waals surface area contributed by atoms with Crippen molar-refractivity contribution >= 4 is 27.5 Å². The third-order valence-electron chi connectivity index (χ3n) is 2.07. The summed E-state index contributed by atoms with van der Waals surface area (Å²) in [6.45, 7) is 0. The Kier molecular flexibility index (Phi) is 2.07. The van der Waals surface area contributed by atoms with E-state index in [4.69, 9.17) is 0 Å². The van der Waals surface area contributed by atoms with Crippen LogP contribution in [0, 0.1) is 5.82 Å². The van der Waals surface area contributed by atoms with E-state index in [2.05, 4.69) is 21.2 Å². The van der Waals surface area contributed by atoms with Crippen molar-refractivity contribution in [3.63, 3.8) is 0 Å². The molecule has 1 amide bonds. The maximum absolute atomic E-state index is 13.0. The number of hydrogen-bond donors (Lipinski definition) is 1. The summed E-state index contributed by atoms with van der Waals surface area (Å²) in [6, 6.07) is 2.93. The minimum atomic E-state index is -0.283. The summed E-state index contributed by atoms with van der Waals surface area (Å²) in [4.78, 5) is 11.0.